The summed E-state index contributed by atoms with van der Waals surface area (Å²) in [6.45, 7) is 2.52. The van der Waals surface area contributed by atoms with Crippen molar-refractivity contribution in [3.8, 4) is 0 Å². The Morgan fingerprint density at radius 2 is 2.12 bits per heavy atom. The third kappa shape index (κ3) is 2.34. The van der Waals surface area contributed by atoms with E-state index < -0.39 is 0 Å². The first-order valence-corrected chi connectivity index (χ1v) is 6.64. The van der Waals surface area contributed by atoms with Crippen LogP contribution in [0, 0.1) is 0 Å². The minimum Gasteiger partial charge on any atom is -0.283 e. The van der Waals surface area contributed by atoms with Crippen LogP contribution in [-0.2, 0) is 6.54 Å². The van der Waals surface area contributed by atoms with E-state index in [1.807, 2.05) is 6.92 Å². The van der Waals surface area contributed by atoms with Crippen LogP contribution in [0.2, 0.25) is 10.3 Å². The highest BCUT2D eigenvalue weighted by Crippen LogP contribution is 2.25. The summed E-state index contributed by atoms with van der Waals surface area (Å²) in [5.74, 6) is 0. The maximum absolute atomic E-state index is 12.2. The van der Waals surface area contributed by atoms with Gasteiger partial charge >= 0.3 is 0 Å². The van der Waals surface area contributed by atoms with E-state index in [4.69, 9.17) is 23.2 Å². The van der Waals surface area contributed by atoms with Gasteiger partial charge in [0.05, 0.1) is 10.9 Å². The topological polar surface area (TPSA) is 34.9 Å². The van der Waals surface area contributed by atoms with Crippen molar-refractivity contribution in [1.29, 1.82) is 0 Å². The van der Waals surface area contributed by atoms with Gasteiger partial charge in [-0.15, -0.1) is 0 Å². The lowest BCUT2D eigenvalue weighted by Gasteiger charge is -2.09. The second-order valence-electron chi connectivity index (χ2n) is 3.62. The van der Waals surface area contributed by atoms with Gasteiger partial charge in [-0.3, -0.25) is 9.36 Å². The summed E-state index contributed by atoms with van der Waals surface area (Å²) in [5.41, 5.74) is 0.377. The second kappa shape index (κ2) is 4.96. The molecular formula is C11H9BrCl2N2O. The number of rotatable bonds is 2. The molecule has 0 unspecified atom stereocenters. The predicted octanol–water partition coefficient (Wildman–Crippen LogP) is 3.88. The Balaban J connectivity index is 2.87. The minimum atomic E-state index is -0.162. The molecule has 0 spiro atoms. The number of hydrogen-bond donors (Lipinski definition) is 0. The highest BCUT2D eigenvalue weighted by atomic mass is 79.9. The summed E-state index contributed by atoms with van der Waals surface area (Å²) < 4.78 is 2.12. The minimum absolute atomic E-state index is 0.162. The smallest absolute Gasteiger partial charge is 0.262 e. The molecule has 0 atom stereocenters. The molecule has 3 nitrogen and oxygen atoms in total. The largest absolute Gasteiger partial charge is 0.283 e. The molecule has 0 fully saturated rings. The third-order valence-electron chi connectivity index (χ3n) is 2.38. The lowest BCUT2D eigenvalue weighted by molar-refractivity contribution is 0.649. The zero-order chi connectivity index (χ0) is 12.6. The SMILES string of the molecule is CCCn1c(Cl)nc2c(Br)cc(Cl)cc2c1=O. The fraction of sp³-hybridized carbons (Fsp3) is 0.273. The third-order valence-corrected chi connectivity index (χ3v) is 3.49. The van der Waals surface area contributed by atoms with Crippen LogP contribution in [-0.4, -0.2) is 9.55 Å². The van der Waals surface area contributed by atoms with Crippen LogP contribution in [0.15, 0.2) is 21.4 Å². The van der Waals surface area contributed by atoms with Crippen molar-refractivity contribution in [3.63, 3.8) is 0 Å². The van der Waals surface area contributed by atoms with Gasteiger partial charge in [0, 0.05) is 16.0 Å². The molecule has 2 rings (SSSR count). The van der Waals surface area contributed by atoms with E-state index in [2.05, 4.69) is 20.9 Å². The van der Waals surface area contributed by atoms with E-state index in [1.165, 1.54) is 4.57 Å². The zero-order valence-electron chi connectivity index (χ0n) is 9.01. The maximum Gasteiger partial charge on any atom is 0.262 e. The summed E-state index contributed by atoms with van der Waals surface area (Å²) >= 11 is 15.2. The average molecular weight is 336 g/mol. The molecule has 1 aromatic carbocycles. The van der Waals surface area contributed by atoms with Gasteiger partial charge in [0.15, 0.2) is 0 Å². The van der Waals surface area contributed by atoms with Crippen LogP contribution in [0.4, 0.5) is 0 Å². The Morgan fingerprint density at radius 1 is 1.41 bits per heavy atom. The Labute approximate surface area is 116 Å². The molecule has 0 amide bonds. The van der Waals surface area contributed by atoms with Crippen molar-refractivity contribution in [2.75, 3.05) is 0 Å². The highest BCUT2D eigenvalue weighted by molar-refractivity contribution is 9.10. The lowest BCUT2D eigenvalue weighted by Crippen LogP contribution is -2.22. The fourth-order valence-corrected chi connectivity index (χ4v) is 2.79. The first-order chi connectivity index (χ1) is 8.04. The van der Waals surface area contributed by atoms with Gasteiger partial charge in [-0.05, 0) is 46.1 Å². The second-order valence-corrected chi connectivity index (χ2v) is 5.25. The molecule has 17 heavy (non-hydrogen) atoms. The Morgan fingerprint density at radius 3 is 2.76 bits per heavy atom. The van der Waals surface area contributed by atoms with Crippen molar-refractivity contribution in [2.45, 2.75) is 19.9 Å². The number of fused-ring (bicyclic) bond motifs is 1. The molecule has 1 heterocycles. The normalized spacial score (nSPS) is 11.1. The molecule has 0 N–H and O–H groups in total. The molecular weight excluding hydrogens is 327 g/mol. The van der Waals surface area contributed by atoms with Crippen LogP contribution in [0.5, 0.6) is 0 Å². The van der Waals surface area contributed by atoms with Crippen molar-refractivity contribution in [3.05, 3.63) is 37.3 Å². The van der Waals surface area contributed by atoms with Gasteiger partial charge in [-0.1, -0.05) is 18.5 Å². The summed E-state index contributed by atoms with van der Waals surface area (Å²) in [7, 11) is 0. The number of hydrogen-bond acceptors (Lipinski definition) is 2. The zero-order valence-corrected chi connectivity index (χ0v) is 12.1. The van der Waals surface area contributed by atoms with Crippen molar-refractivity contribution in [1.82, 2.24) is 9.55 Å². The maximum atomic E-state index is 12.2. The molecule has 0 saturated carbocycles. The van der Waals surface area contributed by atoms with Gasteiger partial charge in [0.2, 0.25) is 5.28 Å². The Hall–Kier alpha value is -0.580. The van der Waals surface area contributed by atoms with E-state index in [0.29, 0.717) is 26.9 Å². The molecule has 0 aliphatic carbocycles. The van der Waals surface area contributed by atoms with Gasteiger partial charge in [-0.2, -0.15) is 0 Å². The monoisotopic (exact) mass is 334 g/mol. The van der Waals surface area contributed by atoms with Crippen LogP contribution in [0.3, 0.4) is 0 Å². The van der Waals surface area contributed by atoms with Crippen molar-refractivity contribution < 1.29 is 0 Å². The lowest BCUT2D eigenvalue weighted by atomic mass is 10.2. The average Bonchev–Trinajstić information content (AvgIpc) is 2.26. The summed E-state index contributed by atoms with van der Waals surface area (Å²) in [6.07, 6.45) is 0.814. The van der Waals surface area contributed by atoms with Gasteiger partial charge in [0.25, 0.3) is 5.56 Å². The summed E-state index contributed by atoms with van der Waals surface area (Å²) in [4.78, 5) is 16.4. The molecule has 6 heteroatoms. The van der Waals surface area contributed by atoms with Gasteiger partial charge in [0.1, 0.15) is 0 Å². The Bertz CT molecular complexity index is 639. The number of benzene rings is 1. The highest BCUT2D eigenvalue weighted by Gasteiger charge is 2.11. The standard InChI is InChI=1S/C11H9BrCl2N2O/c1-2-3-16-10(17)7-4-6(13)5-8(12)9(7)15-11(16)14/h4-5H,2-3H2,1H3. The van der Waals surface area contributed by atoms with E-state index in [0.717, 1.165) is 6.42 Å². The number of nitrogens with zero attached hydrogens (tertiary/aromatic N) is 2. The molecule has 90 valence electrons. The van der Waals surface area contributed by atoms with Gasteiger partial charge in [-0.25, -0.2) is 4.98 Å². The van der Waals surface area contributed by atoms with Crippen LogP contribution in [0.1, 0.15) is 13.3 Å². The molecule has 0 saturated heterocycles. The predicted molar refractivity (Wildman–Crippen MR) is 74.0 cm³/mol. The van der Waals surface area contributed by atoms with Crippen molar-refractivity contribution >= 4 is 50.0 Å². The van der Waals surface area contributed by atoms with Crippen molar-refractivity contribution in [2.24, 2.45) is 0 Å². The molecule has 1 aromatic heterocycles. The van der Waals surface area contributed by atoms with Crippen LogP contribution < -0.4 is 5.56 Å². The molecule has 0 aliphatic heterocycles. The summed E-state index contributed by atoms with van der Waals surface area (Å²) in [5, 5.41) is 1.17. The first kappa shape index (κ1) is 12.9. The van der Waals surface area contributed by atoms with E-state index in [-0.39, 0.29) is 10.8 Å². The molecule has 0 bridgehead atoms. The fourth-order valence-electron chi connectivity index (χ4n) is 1.64. The van der Waals surface area contributed by atoms with E-state index in [9.17, 15) is 4.79 Å². The molecule has 0 aliphatic rings. The quantitative estimate of drug-likeness (QED) is 0.781. The van der Waals surface area contributed by atoms with E-state index in [1.54, 1.807) is 12.1 Å². The molecule has 0 radical (unpaired) electrons. The Kier molecular flexibility index (Phi) is 3.76. The van der Waals surface area contributed by atoms with Crippen LogP contribution in [0.25, 0.3) is 10.9 Å². The van der Waals surface area contributed by atoms with E-state index >= 15 is 0 Å². The summed E-state index contributed by atoms with van der Waals surface area (Å²) in [6, 6.07) is 3.30. The number of halogens is 3. The van der Waals surface area contributed by atoms with Crippen LogP contribution >= 0.6 is 39.1 Å². The van der Waals surface area contributed by atoms with Gasteiger partial charge < -0.3 is 0 Å². The first-order valence-electron chi connectivity index (χ1n) is 5.09. The molecule has 2 aromatic rings. The number of aromatic nitrogens is 2.